The predicted molar refractivity (Wildman–Crippen MR) is 116 cm³/mol. The van der Waals surface area contributed by atoms with Crippen LogP contribution < -0.4 is 14.8 Å². The summed E-state index contributed by atoms with van der Waals surface area (Å²) >= 11 is 8.93. The van der Waals surface area contributed by atoms with Gasteiger partial charge in [-0.05, 0) is 48.0 Å². The molecule has 0 saturated carbocycles. The molecule has 3 aromatic carbocycles. The normalized spacial score (nSPS) is 10.3. The molecule has 1 N–H and O–H groups in total. The summed E-state index contributed by atoms with van der Waals surface area (Å²) in [6, 6.07) is 23.8. The third-order valence-electron chi connectivity index (χ3n) is 4.07. The van der Waals surface area contributed by atoms with Crippen molar-refractivity contribution >= 4 is 33.1 Å². The van der Waals surface area contributed by atoms with Gasteiger partial charge >= 0.3 is 0 Å². The van der Waals surface area contributed by atoms with Crippen molar-refractivity contribution in [3.8, 4) is 11.5 Å². The molecule has 3 rings (SSSR count). The third-order valence-corrected chi connectivity index (χ3v) is 4.98. The highest BCUT2D eigenvalue weighted by Gasteiger charge is 2.05. The fourth-order valence-electron chi connectivity index (χ4n) is 2.58. The number of benzene rings is 3. The standard InChI is InChI=1S/C22H20BrNO2S/c1-25-21-5-3-2-4-18(21)14-24-22(27)17-8-12-20(13-9-17)26-15-16-6-10-19(23)11-7-16/h2-13H,14-15H2,1H3,(H,24,27). The Morgan fingerprint density at radius 2 is 1.67 bits per heavy atom. The molecule has 0 amide bonds. The second-order valence-electron chi connectivity index (χ2n) is 5.93. The van der Waals surface area contributed by atoms with Gasteiger partial charge in [-0.3, -0.25) is 0 Å². The van der Waals surface area contributed by atoms with Crippen LogP contribution in [0.2, 0.25) is 0 Å². The molecule has 0 spiro atoms. The van der Waals surface area contributed by atoms with Gasteiger partial charge in [-0.1, -0.05) is 58.5 Å². The topological polar surface area (TPSA) is 30.5 Å². The number of hydrogen-bond acceptors (Lipinski definition) is 3. The molecule has 3 nitrogen and oxygen atoms in total. The first-order valence-corrected chi connectivity index (χ1v) is 9.73. The van der Waals surface area contributed by atoms with Gasteiger partial charge in [-0.25, -0.2) is 0 Å². The van der Waals surface area contributed by atoms with Crippen molar-refractivity contribution in [3.63, 3.8) is 0 Å². The van der Waals surface area contributed by atoms with E-state index in [4.69, 9.17) is 21.7 Å². The number of rotatable bonds is 7. The number of para-hydroxylation sites is 1. The van der Waals surface area contributed by atoms with Gasteiger partial charge in [-0.15, -0.1) is 0 Å². The summed E-state index contributed by atoms with van der Waals surface area (Å²) in [6.45, 7) is 1.15. The molecule has 27 heavy (non-hydrogen) atoms. The smallest absolute Gasteiger partial charge is 0.123 e. The average Bonchev–Trinajstić information content (AvgIpc) is 2.72. The van der Waals surface area contributed by atoms with Crippen LogP contribution in [0.25, 0.3) is 0 Å². The Kier molecular flexibility index (Phi) is 6.85. The highest BCUT2D eigenvalue weighted by Crippen LogP contribution is 2.18. The molecule has 0 aliphatic heterocycles. The van der Waals surface area contributed by atoms with Gasteiger partial charge in [0.15, 0.2) is 0 Å². The van der Waals surface area contributed by atoms with Crippen molar-refractivity contribution < 1.29 is 9.47 Å². The number of methoxy groups -OCH3 is 1. The number of hydrogen-bond donors (Lipinski definition) is 1. The van der Waals surface area contributed by atoms with Crippen LogP contribution >= 0.6 is 28.1 Å². The van der Waals surface area contributed by atoms with Gasteiger partial charge < -0.3 is 14.8 Å². The summed E-state index contributed by atoms with van der Waals surface area (Å²) < 4.78 is 12.3. The molecule has 0 saturated heterocycles. The minimum atomic E-state index is 0.531. The van der Waals surface area contributed by atoms with Crippen LogP contribution in [0.15, 0.2) is 77.3 Å². The minimum absolute atomic E-state index is 0.531. The minimum Gasteiger partial charge on any atom is -0.496 e. The molecule has 0 bridgehead atoms. The summed E-state index contributed by atoms with van der Waals surface area (Å²) in [5, 5.41) is 3.28. The summed E-state index contributed by atoms with van der Waals surface area (Å²) in [4.78, 5) is 0.695. The Hall–Kier alpha value is -2.37. The Bertz CT molecular complexity index is 895. The van der Waals surface area contributed by atoms with E-state index < -0.39 is 0 Å². The van der Waals surface area contributed by atoms with Crippen LogP contribution in [0.3, 0.4) is 0 Å². The van der Waals surface area contributed by atoms with E-state index in [-0.39, 0.29) is 0 Å². The zero-order chi connectivity index (χ0) is 19.1. The van der Waals surface area contributed by atoms with E-state index in [9.17, 15) is 0 Å². The quantitative estimate of drug-likeness (QED) is 0.490. The Labute approximate surface area is 173 Å². The van der Waals surface area contributed by atoms with Crippen LogP contribution in [-0.2, 0) is 13.2 Å². The fraction of sp³-hybridized carbons (Fsp3) is 0.136. The maximum Gasteiger partial charge on any atom is 0.123 e. The Morgan fingerprint density at radius 3 is 2.37 bits per heavy atom. The van der Waals surface area contributed by atoms with Gasteiger partial charge in [0.2, 0.25) is 0 Å². The predicted octanol–water partition coefficient (Wildman–Crippen LogP) is 5.50. The molecule has 0 aromatic heterocycles. The third kappa shape index (κ3) is 5.55. The van der Waals surface area contributed by atoms with Crippen molar-refractivity contribution in [2.75, 3.05) is 7.11 Å². The van der Waals surface area contributed by atoms with Gasteiger partial charge in [0.05, 0.1) is 7.11 Å². The summed E-state index contributed by atoms with van der Waals surface area (Å²) in [7, 11) is 1.67. The van der Waals surface area contributed by atoms with Gasteiger partial charge in [-0.2, -0.15) is 0 Å². The molecular weight excluding hydrogens is 422 g/mol. The number of ether oxygens (including phenoxy) is 2. The lowest BCUT2D eigenvalue weighted by molar-refractivity contribution is 0.306. The van der Waals surface area contributed by atoms with Crippen LogP contribution in [0.1, 0.15) is 16.7 Å². The van der Waals surface area contributed by atoms with E-state index in [0.717, 1.165) is 32.7 Å². The van der Waals surface area contributed by atoms with Crippen molar-refractivity contribution in [2.45, 2.75) is 13.2 Å². The molecule has 0 atom stereocenters. The lowest BCUT2D eigenvalue weighted by atomic mass is 10.2. The zero-order valence-corrected chi connectivity index (χ0v) is 17.3. The molecule has 0 heterocycles. The number of halogens is 1. The van der Waals surface area contributed by atoms with Gasteiger partial charge in [0.1, 0.15) is 23.1 Å². The van der Waals surface area contributed by atoms with Crippen LogP contribution in [0.4, 0.5) is 0 Å². The maximum absolute atomic E-state index is 5.83. The zero-order valence-electron chi connectivity index (χ0n) is 14.9. The first kappa shape index (κ1) is 19.4. The highest BCUT2D eigenvalue weighted by molar-refractivity contribution is 9.10. The van der Waals surface area contributed by atoms with Crippen molar-refractivity contribution in [1.29, 1.82) is 0 Å². The molecule has 0 radical (unpaired) electrons. The average molecular weight is 442 g/mol. The van der Waals surface area contributed by atoms with Gasteiger partial charge in [0.25, 0.3) is 0 Å². The van der Waals surface area contributed by atoms with Crippen molar-refractivity contribution in [2.24, 2.45) is 0 Å². The molecule has 138 valence electrons. The lowest BCUT2D eigenvalue weighted by Crippen LogP contribution is -2.21. The SMILES string of the molecule is COc1ccccc1CNC(=S)c1ccc(OCc2ccc(Br)cc2)cc1. The van der Waals surface area contributed by atoms with Crippen LogP contribution in [-0.4, -0.2) is 12.1 Å². The second-order valence-corrected chi connectivity index (χ2v) is 7.26. The number of thiocarbonyl (C=S) groups is 1. The summed E-state index contributed by atoms with van der Waals surface area (Å²) in [6.07, 6.45) is 0. The Morgan fingerprint density at radius 1 is 0.963 bits per heavy atom. The van der Waals surface area contributed by atoms with E-state index in [1.54, 1.807) is 7.11 Å². The van der Waals surface area contributed by atoms with E-state index in [1.165, 1.54) is 0 Å². The van der Waals surface area contributed by atoms with E-state index in [2.05, 4.69) is 21.2 Å². The molecule has 3 aromatic rings. The van der Waals surface area contributed by atoms with E-state index >= 15 is 0 Å². The number of nitrogens with one attached hydrogen (secondary N) is 1. The van der Waals surface area contributed by atoms with E-state index in [1.807, 2.05) is 72.8 Å². The molecule has 0 unspecified atom stereocenters. The lowest BCUT2D eigenvalue weighted by Gasteiger charge is -2.12. The maximum atomic E-state index is 5.83. The Balaban J connectivity index is 1.54. The van der Waals surface area contributed by atoms with Crippen LogP contribution in [0, 0.1) is 0 Å². The second kappa shape index (κ2) is 9.53. The molecule has 0 aliphatic carbocycles. The summed E-state index contributed by atoms with van der Waals surface area (Å²) in [5.74, 6) is 1.67. The van der Waals surface area contributed by atoms with Crippen molar-refractivity contribution in [1.82, 2.24) is 5.32 Å². The molecule has 0 fully saturated rings. The van der Waals surface area contributed by atoms with E-state index in [0.29, 0.717) is 18.1 Å². The monoisotopic (exact) mass is 441 g/mol. The molecular formula is C22H20BrNO2S. The van der Waals surface area contributed by atoms with Gasteiger partial charge in [0, 0.05) is 22.1 Å². The molecule has 0 aliphatic rings. The largest absolute Gasteiger partial charge is 0.496 e. The van der Waals surface area contributed by atoms with Crippen molar-refractivity contribution in [3.05, 3.63) is 94.0 Å². The fourth-order valence-corrected chi connectivity index (χ4v) is 3.05. The first-order chi connectivity index (χ1) is 13.2. The summed E-state index contributed by atoms with van der Waals surface area (Å²) in [5.41, 5.74) is 3.14. The highest BCUT2D eigenvalue weighted by atomic mass is 79.9. The first-order valence-electron chi connectivity index (χ1n) is 8.53. The van der Waals surface area contributed by atoms with Crippen LogP contribution in [0.5, 0.6) is 11.5 Å². The molecule has 5 heteroatoms.